The van der Waals surface area contributed by atoms with Crippen molar-refractivity contribution in [3.05, 3.63) is 21.6 Å². The molecule has 2 rings (SSSR count). The quantitative estimate of drug-likeness (QED) is 0.817. The molecule has 0 amide bonds. The molecule has 0 bridgehead atoms. The maximum Gasteiger partial charge on any atom is 0.246 e. The van der Waals surface area contributed by atoms with Gasteiger partial charge in [-0.15, -0.1) is 12.4 Å². The lowest BCUT2D eigenvalue weighted by molar-refractivity contribution is 0.308. The van der Waals surface area contributed by atoms with Crippen molar-refractivity contribution in [1.82, 2.24) is 9.62 Å². The highest BCUT2D eigenvalue weighted by atomic mass is 79.9. The summed E-state index contributed by atoms with van der Waals surface area (Å²) in [4.78, 5) is 0.0912. The van der Waals surface area contributed by atoms with Crippen LogP contribution in [0.4, 0.5) is 0 Å². The molecule has 0 spiro atoms. The minimum atomic E-state index is -3.63. The molecule has 1 heterocycles. The summed E-state index contributed by atoms with van der Waals surface area (Å²) in [5.41, 5.74) is 0. The van der Waals surface area contributed by atoms with E-state index >= 15 is 0 Å². The number of rotatable bonds is 3. The summed E-state index contributed by atoms with van der Waals surface area (Å²) in [7, 11) is -2.19. The minimum Gasteiger partial charge on any atom is -0.494 e. The molecule has 1 unspecified atom stereocenters. The molecule has 120 valence electrons. The number of benzene rings is 1. The Morgan fingerprint density at radius 1 is 1.48 bits per heavy atom. The van der Waals surface area contributed by atoms with Crippen LogP contribution in [-0.4, -0.2) is 45.5 Å². The maximum absolute atomic E-state index is 12.8. The van der Waals surface area contributed by atoms with Gasteiger partial charge in [0.05, 0.1) is 11.6 Å². The number of methoxy groups -OCH3 is 1. The fourth-order valence-corrected chi connectivity index (χ4v) is 5.08. The summed E-state index contributed by atoms with van der Waals surface area (Å²) in [5.74, 6) is 0.278. The molecule has 9 heteroatoms. The lowest BCUT2D eigenvalue weighted by atomic mass is 10.3. The largest absolute Gasteiger partial charge is 0.494 e. The highest BCUT2D eigenvalue weighted by molar-refractivity contribution is 9.10. The molecular weight excluding hydrogens is 403 g/mol. The van der Waals surface area contributed by atoms with Crippen molar-refractivity contribution < 1.29 is 13.2 Å². The lowest BCUT2D eigenvalue weighted by Gasteiger charge is -2.31. The van der Waals surface area contributed by atoms with Crippen LogP contribution in [0.25, 0.3) is 0 Å². The van der Waals surface area contributed by atoms with E-state index in [0.29, 0.717) is 29.1 Å². The highest BCUT2D eigenvalue weighted by Gasteiger charge is 2.32. The third-order valence-corrected chi connectivity index (χ3v) is 5.81. The fraction of sp³-hybridized carbons (Fsp3) is 0.500. The second-order valence-electron chi connectivity index (χ2n) is 4.64. The summed E-state index contributed by atoms with van der Waals surface area (Å²) in [6, 6.07) is 3.15. The molecule has 0 aromatic heterocycles. The first-order chi connectivity index (χ1) is 9.36. The van der Waals surface area contributed by atoms with E-state index in [1.54, 1.807) is 6.07 Å². The number of hydrogen-bond acceptors (Lipinski definition) is 4. The number of nitrogens with one attached hydrogen (secondary N) is 1. The molecule has 5 nitrogen and oxygen atoms in total. The molecule has 0 saturated carbocycles. The number of ether oxygens (including phenoxy) is 1. The maximum atomic E-state index is 12.8. The van der Waals surface area contributed by atoms with Gasteiger partial charge in [-0.05, 0) is 35.0 Å². The van der Waals surface area contributed by atoms with Crippen LogP contribution in [0, 0.1) is 0 Å². The van der Waals surface area contributed by atoms with E-state index in [0.717, 1.165) is 0 Å². The molecule has 1 saturated heterocycles. The van der Waals surface area contributed by atoms with E-state index in [1.807, 2.05) is 6.92 Å². The van der Waals surface area contributed by atoms with Crippen molar-refractivity contribution in [1.29, 1.82) is 0 Å². The second kappa shape index (κ2) is 7.48. The molecule has 1 aliphatic heterocycles. The number of nitrogens with zero attached hydrogens (tertiary/aromatic N) is 1. The molecule has 1 aliphatic rings. The van der Waals surface area contributed by atoms with E-state index in [2.05, 4.69) is 21.2 Å². The van der Waals surface area contributed by atoms with Gasteiger partial charge in [0.25, 0.3) is 0 Å². The Morgan fingerprint density at radius 2 is 2.14 bits per heavy atom. The fourth-order valence-electron chi connectivity index (χ4n) is 2.18. The van der Waals surface area contributed by atoms with E-state index in [9.17, 15) is 8.42 Å². The van der Waals surface area contributed by atoms with Crippen molar-refractivity contribution in [2.75, 3.05) is 26.7 Å². The molecule has 1 aromatic carbocycles. The summed E-state index contributed by atoms with van der Waals surface area (Å²) in [6.07, 6.45) is 0. The number of piperazine rings is 1. The van der Waals surface area contributed by atoms with Crippen LogP contribution in [0.3, 0.4) is 0 Å². The third kappa shape index (κ3) is 4.03. The smallest absolute Gasteiger partial charge is 0.246 e. The van der Waals surface area contributed by atoms with Crippen molar-refractivity contribution in [3.63, 3.8) is 0 Å². The SMILES string of the molecule is COc1c(Br)cc(Cl)cc1S(=O)(=O)N1CCNC(C)C1.Cl. The van der Waals surface area contributed by atoms with Gasteiger partial charge in [0.1, 0.15) is 4.90 Å². The molecule has 21 heavy (non-hydrogen) atoms. The Hall–Kier alpha value is -0.0500. The summed E-state index contributed by atoms with van der Waals surface area (Å²) in [5, 5.41) is 3.56. The summed E-state index contributed by atoms with van der Waals surface area (Å²) < 4.78 is 32.7. The van der Waals surface area contributed by atoms with Crippen molar-refractivity contribution in [2.24, 2.45) is 0 Å². The molecule has 1 N–H and O–H groups in total. The molecule has 0 aliphatic carbocycles. The van der Waals surface area contributed by atoms with E-state index < -0.39 is 10.0 Å². The van der Waals surface area contributed by atoms with Crippen LogP contribution in [-0.2, 0) is 10.0 Å². The summed E-state index contributed by atoms with van der Waals surface area (Å²) in [6.45, 7) is 3.44. The number of hydrogen-bond donors (Lipinski definition) is 1. The van der Waals surface area contributed by atoms with E-state index in [1.165, 1.54) is 17.5 Å². The van der Waals surface area contributed by atoms with Gasteiger partial charge < -0.3 is 10.1 Å². The van der Waals surface area contributed by atoms with Crippen molar-refractivity contribution in [2.45, 2.75) is 17.9 Å². The summed E-state index contributed by atoms with van der Waals surface area (Å²) >= 11 is 9.25. The van der Waals surface area contributed by atoms with Gasteiger partial charge in [0.2, 0.25) is 10.0 Å². The van der Waals surface area contributed by atoms with Crippen LogP contribution in [0.2, 0.25) is 5.02 Å². The molecule has 1 atom stereocenters. The van der Waals surface area contributed by atoms with E-state index in [4.69, 9.17) is 16.3 Å². The zero-order valence-electron chi connectivity index (χ0n) is 11.6. The van der Waals surface area contributed by atoms with Crippen LogP contribution in [0.1, 0.15) is 6.92 Å². The normalized spacial score (nSPS) is 19.9. The lowest BCUT2D eigenvalue weighted by Crippen LogP contribution is -2.51. The topological polar surface area (TPSA) is 58.6 Å². The minimum absolute atomic E-state index is 0. The first kappa shape index (κ1) is 19.0. The van der Waals surface area contributed by atoms with Gasteiger partial charge in [0, 0.05) is 30.7 Å². The van der Waals surface area contributed by atoms with Gasteiger partial charge in [-0.1, -0.05) is 11.6 Å². The molecule has 0 radical (unpaired) electrons. The molecule has 1 aromatic rings. The second-order valence-corrected chi connectivity index (χ2v) is 7.83. The number of halogens is 3. The van der Waals surface area contributed by atoms with Crippen molar-refractivity contribution in [3.8, 4) is 5.75 Å². The Morgan fingerprint density at radius 3 is 2.71 bits per heavy atom. The van der Waals surface area contributed by atoms with Gasteiger partial charge in [-0.3, -0.25) is 0 Å². The van der Waals surface area contributed by atoms with Crippen LogP contribution < -0.4 is 10.1 Å². The Labute approximate surface area is 144 Å². The van der Waals surface area contributed by atoms with Crippen LogP contribution in [0.5, 0.6) is 5.75 Å². The number of sulfonamides is 1. The Balaban J connectivity index is 0.00000220. The monoisotopic (exact) mass is 418 g/mol. The van der Waals surface area contributed by atoms with Gasteiger partial charge in [-0.25, -0.2) is 8.42 Å². The van der Waals surface area contributed by atoms with Crippen LogP contribution in [0.15, 0.2) is 21.5 Å². The van der Waals surface area contributed by atoms with Gasteiger partial charge in [0.15, 0.2) is 5.75 Å². The predicted octanol–water partition coefficient (Wildman–Crippen LogP) is 2.52. The van der Waals surface area contributed by atoms with E-state index in [-0.39, 0.29) is 29.1 Å². The zero-order valence-corrected chi connectivity index (χ0v) is 15.6. The molecular formula is C12H17BrCl2N2O3S. The zero-order chi connectivity index (χ0) is 14.9. The first-order valence-corrected chi connectivity index (χ1v) is 8.74. The van der Waals surface area contributed by atoms with Gasteiger partial charge in [-0.2, -0.15) is 4.31 Å². The molecule has 1 fully saturated rings. The third-order valence-electron chi connectivity index (χ3n) is 3.13. The Bertz CT molecular complexity index is 613. The van der Waals surface area contributed by atoms with Crippen molar-refractivity contribution >= 4 is 50.0 Å². The standard InChI is InChI=1S/C12H16BrClN2O3S.ClH/c1-8-7-16(4-3-15-8)20(17,18)11-6-9(14)5-10(13)12(11)19-2;/h5-6,8,15H,3-4,7H2,1-2H3;1H. The average molecular weight is 420 g/mol. The average Bonchev–Trinajstić information content (AvgIpc) is 2.38. The van der Waals surface area contributed by atoms with Gasteiger partial charge >= 0.3 is 0 Å². The highest BCUT2D eigenvalue weighted by Crippen LogP contribution is 2.36. The van der Waals surface area contributed by atoms with Crippen LogP contribution >= 0.6 is 39.9 Å². The Kier molecular flexibility index (Phi) is 6.77. The predicted molar refractivity (Wildman–Crippen MR) is 89.2 cm³/mol. The first-order valence-electron chi connectivity index (χ1n) is 6.13.